The number of amides is 1. The van der Waals surface area contributed by atoms with E-state index in [4.69, 9.17) is 4.74 Å². The summed E-state index contributed by atoms with van der Waals surface area (Å²) in [6, 6.07) is -0.654. The van der Waals surface area contributed by atoms with Crippen LogP contribution in [0, 0.1) is 0 Å². The fourth-order valence-corrected chi connectivity index (χ4v) is 9.34. The Hall–Kier alpha value is -1.66. The Morgan fingerprint density at radius 1 is 0.403 bits per heavy atom. The second kappa shape index (κ2) is 56.9. The maximum absolute atomic E-state index is 12.5. The summed E-state index contributed by atoms with van der Waals surface area (Å²) in [5.41, 5.74) is 0. The van der Waals surface area contributed by atoms with Gasteiger partial charge < -0.3 is 20.3 Å². The lowest BCUT2D eigenvalue weighted by Gasteiger charge is -2.20. The van der Waals surface area contributed by atoms with E-state index in [1.807, 2.05) is 6.08 Å². The van der Waals surface area contributed by atoms with Crippen LogP contribution >= 0.6 is 0 Å². The Labute approximate surface area is 418 Å². The number of unbranched alkanes of at least 4 members (excludes halogenated alkanes) is 43. The highest BCUT2D eigenvalue weighted by atomic mass is 16.5. The second-order valence-electron chi connectivity index (χ2n) is 20.7. The predicted molar refractivity (Wildman–Crippen MR) is 292 cm³/mol. The first-order chi connectivity index (χ1) is 33.0. The van der Waals surface area contributed by atoms with Crippen molar-refractivity contribution in [1.82, 2.24) is 5.32 Å². The van der Waals surface area contributed by atoms with E-state index in [0.29, 0.717) is 19.4 Å². The molecule has 0 aliphatic rings. The highest BCUT2D eigenvalue weighted by Gasteiger charge is 2.18. The van der Waals surface area contributed by atoms with E-state index in [-0.39, 0.29) is 18.5 Å². The Morgan fingerprint density at radius 2 is 0.701 bits per heavy atom. The smallest absolute Gasteiger partial charge is 0.305 e. The Balaban J connectivity index is 3.52. The third-order valence-electron chi connectivity index (χ3n) is 14.0. The molecule has 6 heteroatoms. The summed E-state index contributed by atoms with van der Waals surface area (Å²) in [4.78, 5) is 24.5. The highest BCUT2D eigenvalue weighted by Crippen LogP contribution is 2.17. The minimum Gasteiger partial charge on any atom is -0.466 e. The van der Waals surface area contributed by atoms with Crippen molar-refractivity contribution in [1.29, 1.82) is 0 Å². The van der Waals surface area contributed by atoms with Gasteiger partial charge in [0.05, 0.1) is 25.4 Å². The number of allylic oxidation sites excluding steroid dienone is 3. The third kappa shape index (κ3) is 53.5. The van der Waals surface area contributed by atoms with Gasteiger partial charge in [-0.2, -0.15) is 0 Å². The van der Waals surface area contributed by atoms with Gasteiger partial charge in [-0.05, 0) is 57.8 Å². The number of rotatable bonds is 56. The summed E-state index contributed by atoms with van der Waals surface area (Å²) in [5.74, 6) is -0.135. The van der Waals surface area contributed by atoms with Crippen molar-refractivity contribution in [3.63, 3.8) is 0 Å². The first-order valence-corrected chi connectivity index (χ1v) is 30.1. The Bertz CT molecular complexity index is 1040. The van der Waals surface area contributed by atoms with Crippen LogP contribution in [0.15, 0.2) is 24.3 Å². The van der Waals surface area contributed by atoms with Crippen molar-refractivity contribution in [2.24, 2.45) is 0 Å². The summed E-state index contributed by atoms with van der Waals surface area (Å²) in [6.07, 6.45) is 69.3. The van der Waals surface area contributed by atoms with Gasteiger partial charge in [0.25, 0.3) is 0 Å². The molecule has 0 aliphatic carbocycles. The number of carbonyl (C=O) groups is 2. The van der Waals surface area contributed by atoms with Gasteiger partial charge in [0.2, 0.25) is 5.91 Å². The van der Waals surface area contributed by atoms with Crippen LogP contribution in [0.3, 0.4) is 0 Å². The van der Waals surface area contributed by atoms with Crippen LogP contribution in [0.25, 0.3) is 0 Å². The lowest BCUT2D eigenvalue weighted by atomic mass is 10.0. The van der Waals surface area contributed by atoms with Gasteiger partial charge in [0.15, 0.2) is 0 Å². The third-order valence-corrected chi connectivity index (χ3v) is 14.0. The minimum atomic E-state index is -0.867. The SMILES string of the molecule is CCCCCCCCCCCCCCCCCCCCCCCCC/C=C/C(O)C(CO)NC(=O)CCCCCC/C=C\CCCCOC(=O)CCCCCCCCCCCCCCCCC. The topological polar surface area (TPSA) is 95.9 Å². The van der Waals surface area contributed by atoms with Gasteiger partial charge in [0, 0.05) is 12.8 Å². The number of aliphatic hydroxyl groups excluding tert-OH is 2. The molecule has 0 heterocycles. The van der Waals surface area contributed by atoms with E-state index in [1.54, 1.807) is 6.08 Å². The summed E-state index contributed by atoms with van der Waals surface area (Å²) in [6.45, 7) is 4.84. The van der Waals surface area contributed by atoms with Crippen LogP contribution in [0.2, 0.25) is 0 Å². The first-order valence-electron chi connectivity index (χ1n) is 30.1. The molecule has 0 aromatic carbocycles. The van der Waals surface area contributed by atoms with E-state index in [1.165, 1.54) is 225 Å². The molecular formula is C61H117NO5. The van der Waals surface area contributed by atoms with Gasteiger partial charge in [-0.3, -0.25) is 9.59 Å². The quantitative estimate of drug-likeness (QED) is 0.0321. The molecule has 396 valence electrons. The standard InChI is InChI=1S/C61H117NO5/c1-3-5-7-9-11-13-15-17-19-20-21-22-23-24-25-26-27-28-30-31-33-37-41-45-49-53-59(64)58(57-63)62-60(65)54-50-46-42-38-35-36-40-44-48-52-56-67-61(66)55-51-47-43-39-34-32-29-18-16-14-12-10-8-6-4-2/h36,40,49,53,58-59,63-64H,3-35,37-39,41-48,50-52,54-57H2,1-2H3,(H,62,65)/b40-36-,53-49+. The summed E-state index contributed by atoms with van der Waals surface area (Å²) in [5, 5.41) is 23.2. The van der Waals surface area contributed by atoms with Crippen molar-refractivity contribution >= 4 is 11.9 Å². The van der Waals surface area contributed by atoms with Gasteiger partial charge in [-0.1, -0.05) is 282 Å². The number of esters is 1. The molecule has 0 saturated carbocycles. The van der Waals surface area contributed by atoms with Crippen molar-refractivity contribution < 1.29 is 24.5 Å². The van der Waals surface area contributed by atoms with Crippen molar-refractivity contribution in [2.45, 2.75) is 341 Å². The van der Waals surface area contributed by atoms with Crippen LogP contribution in [0.5, 0.6) is 0 Å². The molecule has 2 unspecified atom stereocenters. The fourth-order valence-electron chi connectivity index (χ4n) is 9.34. The summed E-state index contributed by atoms with van der Waals surface area (Å²) < 4.78 is 5.44. The average Bonchev–Trinajstić information content (AvgIpc) is 3.33. The Kier molecular flexibility index (Phi) is 55.5. The molecule has 0 bridgehead atoms. The zero-order valence-electron chi connectivity index (χ0n) is 45.1. The minimum absolute atomic E-state index is 0.0347. The predicted octanol–water partition coefficient (Wildman–Crippen LogP) is 18.6. The lowest BCUT2D eigenvalue weighted by Crippen LogP contribution is -2.45. The van der Waals surface area contributed by atoms with Crippen molar-refractivity contribution in [3.05, 3.63) is 24.3 Å². The van der Waals surface area contributed by atoms with E-state index in [0.717, 1.165) is 77.0 Å². The normalized spacial score (nSPS) is 12.7. The number of aliphatic hydroxyl groups is 2. The average molecular weight is 945 g/mol. The molecule has 0 rings (SSSR count). The van der Waals surface area contributed by atoms with Crippen molar-refractivity contribution in [3.8, 4) is 0 Å². The number of ether oxygens (including phenoxy) is 1. The molecule has 0 saturated heterocycles. The zero-order valence-corrected chi connectivity index (χ0v) is 45.1. The Morgan fingerprint density at radius 3 is 1.06 bits per heavy atom. The first kappa shape index (κ1) is 65.3. The number of carbonyl (C=O) groups excluding carboxylic acids is 2. The monoisotopic (exact) mass is 944 g/mol. The molecule has 67 heavy (non-hydrogen) atoms. The molecule has 3 N–H and O–H groups in total. The van der Waals surface area contributed by atoms with Crippen LogP contribution < -0.4 is 5.32 Å². The van der Waals surface area contributed by atoms with E-state index >= 15 is 0 Å². The highest BCUT2D eigenvalue weighted by molar-refractivity contribution is 5.76. The van der Waals surface area contributed by atoms with Crippen LogP contribution in [-0.2, 0) is 14.3 Å². The largest absolute Gasteiger partial charge is 0.466 e. The molecule has 0 aromatic heterocycles. The molecular weight excluding hydrogens is 827 g/mol. The second-order valence-corrected chi connectivity index (χ2v) is 20.7. The van der Waals surface area contributed by atoms with Gasteiger partial charge in [-0.25, -0.2) is 0 Å². The number of hydrogen-bond donors (Lipinski definition) is 3. The van der Waals surface area contributed by atoms with Crippen molar-refractivity contribution in [2.75, 3.05) is 13.2 Å². The fraction of sp³-hybridized carbons (Fsp3) is 0.902. The van der Waals surface area contributed by atoms with Gasteiger partial charge in [0.1, 0.15) is 0 Å². The summed E-state index contributed by atoms with van der Waals surface area (Å²) in [7, 11) is 0. The molecule has 0 spiro atoms. The number of hydrogen-bond acceptors (Lipinski definition) is 5. The number of nitrogens with one attached hydrogen (secondary N) is 1. The van der Waals surface area contributed by atoms with E-state index < -0.39 is 12.1 Å². The molecule has 1 amide bonds. The molecule has 0 fully saturated rings. The molecule has 0 aliphatic heterocycles. The van der Waals surface area contributed by atoms with Crippen LogP contribution in [0.1, 0.15) is 328 Å². The maximum Gasteiger partial charge on any atom is 0.305 e. The van der Waals surface area contributed by atoms with Gasteiger partial charge in [-0.15, -0.1) is 0 Å². The van der Waals surface area contributed by atoms with E-state index in [2.05, 4.69) is 31.3 Å². The molecule has 2 atom stereocenters. The van der Waals surface area contributed by atoms with Crippen LogP contribution in [-0.4, -0.2) is 47.4 Å². The van der Waals surface area contributed by atoms with E-state index in [9.17, 15) is 19.8 Å². The maximum atomic E-state index is 12.5. The molecule has 6 nitrogen and oxygen atoms in total. The molecule has 0 aromatic rings. The summed E-state index contributed by atoms with van der Waals surface area (Å²) >= 11 is 0. The molecule has 0 radical (unpaired) electrons. The zero-order chi connectivity index (χ0) is 48.6. The lowest BCUT2D eigenvalue weighted by molar-refractivity contribution is -0.143. The van der Waals surface area contributed by atoms with Gasteiger partial charge >= 0.3 is 5.97 Å². The van der Waals surface area contributed by atoms with Crippen LogP contribution in [0.4, 0.5) is 0 Å².